The SMILES string of the molecule is Cc1cc(C)c(NC(=O)CSc2nnc(-c3sc4ccccc4c3Cl)o2)c(C)c1. The minimum atomic E-state index is -0.121. The number of halogens is 1. The zero-order valence-corrected chi connectivity index (χ0v) is 18.5. The molecule has 0 radical (unpaired) electrons. The Hall–Kier alpha value is -2.35. The lowest BCUT2D eigenvalue weighted by atomic mass is 10.1. The van der Waals surface area contributed by atoms with Crippen LogP contribution in [0.4, 0.5) is 5.69 Å². The lowest BCUT2D eigenvalue weighted by molar-refractivity contribution is -0.113. The Morgan fingerprint density at radius 1 is 1.17 bits per heavy atom. The smallest absolute Gasteiger partial charge is 0.277 e. The maximum atomic E-state index is 12.4. The highest BCUT2D eigenvalue weighted by molar-refractivity contribution is 7.99. The molecule has 4 aromatic rings. The van der Waals surface area contributed by atoms with Gasteiger partial charge in [-0.2, -0.15) is 0 Å². The summed E-state index contributed by atoms with van der Waals surface area (Å²) in [6.07, 6.45) is 0. The largest absolute Gasteiger partial charge is 0.410 e. The van der Waals surface area contributed by atoms with Crippen molar-refractivity contribution in [1.82, 2.24) is 10.2 Å². The van der Waals surface area contributed by atoms with Crippen molar-refractivity contribution in [3.8, 4) is 10.8 Å². The first-order valence-corrected chi connectivity index (χ1v) is 11.1. The first-order chi connectivity index (χ1) is 13.9. The fourth-order valence-electron chi connectivity index (χ4n) is 3.19. The third-order valence-corrected chi connectivity index (χ3v) is 6.89. The number of aromatic nitrogens is 2. The standard InChI is InChI=1S/C21H18ClN3O2S2/c1-11-8-12(2)18(13(3)9-11)23-16(26)10-28-21-25-24-20(27-21)19-17(22)14-6-4-5-7-15(14)29-19/h4-9H,10H2,1-3H3,(H,23,26). The van der Waals surface area contributed by atoms with Gasteiger partial charge in [-0.15, -0.1) is 21.5 Å². The summed E-state index contributed by atoms with van der Waals surface area (Å²) < 4.78 is 6.79. The number of carbonyl (C=O) groups excluding carboxylic acids is 1. The van der Waals surface area contributed by atoms with Crippen LogP contribution in [0.25, 0.3) is 20.9 Å². The highest BCUT2D eigenvalue weighted by Gasteiger charge is 2.18. The number of hydrogen-bond acceptors (Lipinski definition) is 6. The molecular weight excluding hydrogens is 426 g/mol. The van der Waals surface area contributed by atoms with Crippen LogP contribution in [0.5, 0.6) is 0 Å². The zero-order chi connectivity index (χ0) is 20.5. The Kier molecular flexibility index (Phi) is 5.63. The fraction of sp³-hybridized carbons (Fsp3) is 0.190. The van der Waals surface area contributed by atoms with Crippen LogP contribution in [-0.4, -0.2) is 21.9 Å². The molecule has 8 heteroatoms. The van der Waals surface area contributed by atoms with Gasteiger partial charge in [0.25, 0.3) is 11.1 Å². The molecule has 0 aliphatic heterocycles. The lowest BCUT2D eigenvalue weighted by Crippen LogP contribution is -2.15. The van der Waals surface area contributed by atoms with Crippen molar-refractivity contribution in [2.45, 2.75) is 26.0 Å². The maximum Gasteiger partial charge on any atom is 0.277 e. The molecule has 0 fully saturated rings. The number of hydrogen-bond donors (Lipinski definition) is 1. The first-order valence-electron chi connectivity index (χ1n) is 8.94. The maximum absolute atomic E-state index is 12.4. The second-order valence-electron chi connectivity index (χ2n) is 6.73. The van der Waals surface area contributed by atoms with E-state index in [9.17, 15) is 4.79 Å². The van der Waals surface area contributed by atoms with Crippen molar-refractivity contribution in [2.24, 2.45) is 0 Å². The number of nitrogens with zero attached hydrogens (tertiary/aromatic N) is 2. The molecule has 148 valence electrons. The monoisotopic (exact) mass is 443 g/mol. The molecule has 5 nitrogen and oxygen atoms in total. The summed E-state index contributed by atoms with van der Waals surface area (Å²) in [5.74, 6) is 0.420. The van der Waals surface area contributed by atoms with E-state index in [2.05, 4.69) is 27.6 Å². The molecule has 0 saturated heterocycles. The summed E-state index contributed by atoms with van der Waals surface area (Å²) in [6, 6.07) is 12.0. The van der Waals surface area contributed by atoms with Crippen molar-refractivity contribution in [3.05, 3.63) is 58.1 Å². The molecular formula is C21H18ClN3O2S2. The summed E-state index contributed by atoms with van der Waals surface area (Å²) in [4.78, 5) is 13.1. The molecule has 0 bridgehead atoms. The van der Waals surface area contributed by atoms with E-state index in [-0.39, 0.29) is 11.7 Å². The van der Waals surface area contributed by atoms with E-state index in [4.69, 9.17) is 16.0 Å². The third kappa shape index (κ3) is 4.17. The molecule has 0 spiro atoms. The zero-order valence-electron chi connectivity index (χ0n) is 16.1. The highest BCUT2D eigenvalue weighted by atomic mass is 35.5. The van der Waals surface area contributed by atoms with Crippen LogP contribution in [-0.2, 0) is 4.79 Å². The van der Waals surface area contributed by atoms with E-state index in [0.29, 0.717) is 16.1 Å². The van der Waals surface area contributed by atoms with E-state index in [1.54, 1.807) is 0 Å². The number of anilines is 1. The van der Waals surface area contributed by atoms with E-state index in [0.717, 1.165) is 31.8 Å². The Morgan fingerprint density at radius 2 is 1.90 bits per heavy atom. The van der Waals surface area contributed by atoms with Gasteiger partial charge in [-0.1, -0.05) is 59.3 Å². The second-order valence-corrected chi connectivity index (χ2v) is 9.08. The van der Waals surface area contributed by atoms with Crippen molar-refractivity contribution in [2.75, 3.05) is 11.1 Å². The molecule has 1 amide bonds. The minimum absolute atomic E-state index is 0.121. The number of rotatable bonds is 5. The number of nitrogens with one attached hydrogen (secondary N) is 1. The van der Waals surface area contributed by atoms with Gasteiger partial charge >= 0.3 is 0 Å². The third-order valence-electron chi connectivity index (χ3n) is 4.40. The summed E-state index contributed by atoms with van der Waals surface area (Å²) in [6.45, 7) is 6.01. The molecule has 2 heterocycles. The average molecular weight is 444 g/mol. The number of aryl methyl sites for hydroxylation is 3. The molecule has 0 saturated carbocycles. The van der Waals surface area contributed by atoms with Crippen LogP contribution in [0.3, 0.4) is 0 Å². The molecule has 29 heavy (non-hydrogen) atoms. The number of thiophene rings is 1. The molecule has 0 unspecified atom stereocenters. The van der Waals surface area contributed by atoms with Gasteiger partial charge in [0.1, 0.15) is 4.88 Å². The van der Waals surface area contributed by atoms with Crippen LogP contribution < -0.4 is 5.32 Å². The van der Waals surface area contributed by atoms with Gasteiger partial charge in [0, 0.05) is 15.8 Å². The Bertz CT molecular complexity index is 1190. The highest BCUT2D eigenvalue weighted by Crippen LogP contribution is 2.41. The van der Waals surface area contributed by atoms with Crippen LogP contribution in [0.2, 0.25) is 5.02 Å². The summed E-state index contributed by atoms with van der Waals surface area (Å²) in [5, 5.41) is 13.0. The summed E-state index contributed by atoms with van der Waals surface area (Å²) >= 11 is 9.18. The predicted octanol–water partition coefficient (Wildman–Crippen LogP) is 6.26. The van der Waals surface area contributed by atoms with Crippen LogP contribution >= 0.6 is 34.7 Å². The quantitative estimate of drug-likeness (QED) is 0.368. The van der Waals surface area contributed by atoms with E-state index in [1.165, 1.54) is 28.7 Å². The Balaban J connectivity index is 1.44. The normalized spacial score (nSPS) is 11.2. The van der Waals surface area contributed by atoms with Gasteiger partial charge in [-0.25, -0.2) is 0 Å². The summed E-state index contributed by atoms with van der Waals surface area (Å²) in [5.41, 5.74) is 4.11. The number of thioether (sulfide) groups is 1. The van der Waals surface area contributed by atoms with Crippen LogP contribution in [0.1, 0.15) is 16.7 Å². The fourth-order valence-corrected chi connectivity index (χ4v) is 5.19. The van der Waals surface area contributed by atoms with Gasteiger partial charge in [0.2, 0.25) is 5.91 Å². The van der Waals surface area contributed by atoms with E-state index >= 15 is 0 Å². The molecule has 1 N–H and O–H groups in total. The van der Waals surface area contributed by atoms with Gasteiger partial charge in [-0.05, 0) is 38.0 Å². The van der Waals surface area contributed by atoms with Crippen molar-refractivity contribution in [3.63, 3.8) is 0 Å². The van der Waals surface area contributed by atoms with Gasteiger partial charge in [0.05, 0.1) is 10.8 Å². The lowest BCUT2D eigenvalue weighted by Gasteiger charge is -2.12. The van der Waals surface area contributed by atoms with Gasteiger partial charge in [0.15, 0.2) is 0 Å². The minimum Gasteiger partial charge on any atom is -0.410 e. The number of benzene rings is 2. The van der Waals surface area contributed by atoms with Gasteiger partial charge in [-0.3, -0.25) is 4.79 Å². The molecule has 0 atom stereocenters. The number of carbonyl (C=O) groups is 1. The topological polar surface area (TPSA) is 68.0 Å². The molecule has 4 rings (SSSR count). The second kappa shape index (κ2) is 8.18. The first kappa shape index (κ1) is 19.9. The number of amides is 1. The molecule has 0 aliphatic rings. The van der Waals surface area contributed by atoms with Crippen molar-refractivity contribution >= 4 is 56.4 Å². The van der Waals surface area contributed by atoms with Crippen molar-refractivity contribution in [1.29, 1.82) is 0 Å². The Morgan fingerprint density at radius 3 is 2.62 bits per heavy atom. The van der Waals surface area contributed by atoms with Crippen LogP contribution in [0, 0.1) is 20.8 Å². The van der Waals surface area contributed by atoms with Crippen LogP contribution in [0.15, 0.2) is 46.0 Å². The van der Waals surface area contributed by atoms with Crippen molar-refractivity contribution < 1.29 is 9.21 Å². The average Bonchev–Trinajstić information content (AvgIpc) is 3.28. The molecule has 2 aromatic heterocycles. The molecule has 2 aromatic carbocycles. The molecule has 0 aliphatic carbocycles. The Labute approximate surface area is 181 Å². The van der Waals surface area contributed by atoms with E-state index < -0.39 is 0 Å². The van der Waals surface area contributed by atoms with E-state index in [1.807, 2.05) is 45.0 Å². The predicted molar refractivity (Wildman–Crippen MR) is 120 cm³/mol. The summed E-state index contributed by atoms with van der Waals surface area (Å²) in [7, 11) is 0. The number of fused-ring (bicyclic) bond motifs is 1. The van der Waals surface area contributed by atoms with Gasteiger partial charge < -0.3 is 9.73 Å².